The third kappa shape index (κ3) is 4.07. The Balaban J connectivity index is 2.29. The molecule has 0 bridgehead atoms. The maximum Gasteiger partial charge on any atom is 0.416 e. The van der Waals surface area contributed by atoms with Gasteiger partial charge < -0.3 is 9.73 Å². The lowest BCUT2D eigenvalue weighted by Crippen LogP contribution is -2.21. The Bertz CT molecular complexity index is 623. The van der Waals surface area contributed by atoms with Crippen molar-refractivity contribution in [2.24, 2.45) is 0 Å². The van der Waals surface area contributed by atoms with Crippen molar-refractivity contribution in [3.8, 4) is 11.3 Å². The first kappa shape index (κ1) is 16.0. The van der Waals surface area contributed by atoms with Crippen molar-refractivity contribution < 1.29 is 17.6 Å². The zero-order chi connectivity index (χ0) is 15.6. The second kappa shape index (κ2) is 6.19. The van der Waals surface area contributed by atoms with Gasteiger partial charge in [-0.15, -0.1) is 0 Å². The van der Waals surface area contributed by atoms with Crippen LogP contribution in [0, 0.1) is 0 Å². The second-order valence-corrected chi connectivity index (χ2v) is 5.70. The summed E-state index contributed by atoms with van der Waals surface area (Å²) in [5.41, 5.74) is -0.396. The van der Waals surface area contributed by atoms with E-state index < -0.39 is 11.7 Å². The maximum atomic E-state index is 12.8. The van der Waals surface area contributed by atoms with E-state index in [1.165, 1.54) is 12.3 Å². The highest BCUT2D eigenvalue weighted by molar-refractivity contribution is 9.10. The summed E-state index contributed by atoms with van der Waals surface area (Å²) in [6.45, 7) is 4.38. The summed E-state index contributed by atoms with van der Waals surface area (Å²) < 4.78 is 44.3. The van der Waals surface area contributed by atoms with E-state index in [4.69, 9.17) is 4.42 Å². The number of alkyl halides is 3. The van der Waals surface area contributed by atoms with E-state index in [2.05, 4.69) is 26.2 Å². The molecule has 0 saturated heterocycles. The summed E-state index contributed by atoms with van der Waals surface area (Å²) in [7, 11) is 0. The van der Waals surface area contributed by atoms with Crippen LogP contribution in [0.2, 0.25) is 0 Å². The van der Waals surface area contributed by atoms with Gasteiger partial charge in [0.05, 0.1) is 18.3 Å². The van der Waals surface area contributed by atoms with E-state index in [0.29, 0.717) is 28.2 Å². The monoisotopic (exact) mass is 362 g/mol. The molecule has 0 unspecified atom stereocenters. The Hall–Kier alpha value is -1.34. The number of halogens is 4. The molecule has 114 valence electrons. The SMILES string of the molecule is CC(C)NCc1ncc(-c2cc(C(F)(F)F)ccc2Br)o1. The molecule has 0 atom stereocenters. The fourth-order valence-corrected chi connectivity index (χ4v) is 2.14. The average Bonchev–Trinajstić information content (AvgIpc) is 2.84. The Morgan fingerprint density at radius 1 is 1.33 bits per heavy atom. The molecule has 0 amide bonds. The van der Waals surface area contributed by atoms with Crippen molar-refractivity contribution >= 4 is 15.9 Å². The summed E-state index contributed by atoms with van der Waals surface area (Å²) in [5.74, 6) is 0.733. The van der Waals surface area contributed by atoms with Crippen LogP contribution < -0.4 is 5.32 Å². The van der Waals surface area contributed by atoms with Crippen molar-refractivity contribution in [2.75, 3.05) is 0 Å². The van der Waals surface area contributed by atoms with Crippen LogP contribution in [-0.4, -0.2) is 11.0 Å². The van der Waals surface area contributed by atoms with Gasteiger partial charge >= 0.3 is 6.18 Å². The highest BCUT2D eigenvalue weighted by Gasteiger charge is 2.31. The Morgan fingerprint density at radius 3 is 2.67 bits per heavy atom. The van der Waals surface area contributed by atoms with Gasteiger partial charge in [0, 0.05) is 16.1 Å². The lowest BCUT2D eigenvalue weighted by Gasteiger charge is -2.09. The number of nitrogens with zero attached hydrogens (tertiary/aromatic N) is 1. The van der Waals surface area contributed by atoms with Gasteiger partial charge in [-0.05, 0) is 18.2 Å². The van der Waals surface area contributed by atoms with Crippen LogP contribution in [0.1, 0.15) is 25.3 Å². The third-order valence-corrected chi connectivity index (χ3v) is 3.47. The third-order valence-electron chi connectivity index (χ3n) is 2.77. The Labute approximate surface area is 128 Å². The van der Waals surface area contributed by atoms with E-state index >= 15 is 0 Å². The van der Waals surface area contributed by atoms with E-state index in [9.17, 15) is 13.2 Å². The zero-order valence-electron chi connectivity index (χ0n) is 11.5. The standard InChI is InChI=1S/C14H14BrF3N2O/c1-8(2)19-7-13-20-6-12(21-13)10-5-9(14(16,17)18)3-4-11(10)15/h3-6,8,19H,7H2,1-2H3. The second-order valence-electron chi connectivity index (χ2n) is 4.85. The van der Waals surface area contributed by atoms with Crippen molar-refractivity contribution in [1.29, 1.82) is 0 Å². The molecule has 0 radical (unpaired) electrons. The molecule has 2 aromatic rings. The average molecular weight is 363 g/mol. The van der Waals surface area contributed by atoms with E-state index in [0.717, 1.165) is 12.1 Å². The Kier molecular flexibility index (Phi) is 4.73. The first-order valence-electron chi connectivity index (χ1n) is 6.32. The summed E-state index contributed by atoms with van der Waals surface area (Å²) in [5, 5.41) is 3.13. The van der Waals surface area contributed by atoms with Crippen molar-refractivity contribution in [3.05, 3.63) is 40.3 Å². The molecular weight excluding hydrogens is 349 g/mol. The van der Waals surface area contributed by atoms with Crippen LogP contribution in [0.25, 0.3) is 11.3 Å². The predicted octanol–water partition coefficient (Wildman–Crippen LogP) is 4.62. The molecule has 0 spiro atoms. The largest absolute Gasteiger partial charge is 0.439 e. The minimum Gasteiger partial charge on any atom is -0.439 e. The highest BCUT2D eigenvalue weighted by atomic mass is 79.9. The van der Waals surface area contributed by atoms with Gasteiger partial charge in [0.2, 0.25) is 5.89 Å². The van der Waals surface area contributed by atoms with Crippen molar-refractivity contribution in [1.82, 2.24) is 10.3 Å². The highest BCUT2D eigenvalue weighted by Crippen LogP contribution is 2.36. The van der Waals surface area contributed by atoms with Crippen LogP contribution in [-0.2, 0) is 12.7 Å². The van der Waals surface area contributed by atoms with Crippen LogP contribution in [0.15, 0.2) is 33.3 Å². The number of oxazole rings is 1. The van der Waals surface area contributed by atoms with Gasteiger partial charge in [-0.25, -0.2) is 4.98 Å². The normalized spacial score (nSPS) is 12.1. The van der Waals surface area contributed by atoms with Gasteiger partial charge in [0.15, 0.2) is 5.76 Å². The minimum absolute atomic E-state index is 0.264. The van der Waals surface area contributed by atoms with Crippen molar-refractivity contribution in [2.45, 2.75) is 32.6 Å². The summed E-state index contributed by atoms with van der Waals surface area (Å²) in [6, 6.07) is 3.68. The number of hydrogen-bond donors (Lipinski definition) is 1. The van der Waals surface area contributed by atoms with E-state index in [1.54, 1.807) is 0 Å². The molecule has 3 nitrogen and oxygen atoms in total. The maximum absolute atomic E-state index is 12.8. The van der Waals surface area contributed by atoms with Gasteiger partial charge in [-0.1, -0.05) is 29.8 Å². The fourth-order valence-electron chi connectivity index (χ4n) is 1.70. The number of nitrogens with one attached hydrogen (secondary N) is 1. The van der Waals surface area contributed by atoms with E-state index in [-0.39, 0.29) is 6.04 Å². The molecule has 7 heteroatoms. The molecule has 1 heterocycles. The molecule has 21 heavy (non-hydrogen) atoms. The molecule has 1 aromatic carbocycles. The quantitative estimate of drug-likeness (QED) is 0.862. The summed E-state index contributed by atoms with van der Waals surface area (Å²) in [6.07, 6.45) is -2.96. The van der Waals surface area contributed by atoms with Crippen LogP contribution in [0.3, 0.4) is 0 Å². The zero-order valence-corrected chi connectivity index (χ0v) is 13.0. The molecule has 0 aliphatic carbocycles. The molecular formula is C14H14BrF3N2O. The molecule has 2 rings (SSSR count). The smallest absolute Gasteiger partial charge is 0.416 e. The van der Waals surface area contributed by atoms with Gasteiger partial charge in [-0.3, -0.25) is 0 Å². The lowest BCUT2D eigenvalue weighted by atomic mass is 10.1. The number of benzene rings is 1. The molecule has 1 N–H and O–H groups in total. The molecule has 0 saturated carbocycles. The van der Waals surface area contributed by atoms with Crippen molar-refractivity contribution in [3.63, 3.8) is 0 Å². The Morgan fingerprint density at radius 2 is 2.05 bits per heavy atom. The summed E-state index contributed by atoms with van der Waals surface area (Å²) in [4.78, 5) is 4.07. The van der Waals surface area contributed by atoms with Crippen LogP contribution >= 0.6 is 15.9 Å². The van der Waals surface area contributed by atoms with Crippen LogP contribution in [0.5, 0.6) is 0 Å². The first-order valence-corrected chi connectivity index (χ1v) is 7.12. The predicted molar refractivity (Wildman–Crippen MR) is 76.6 cm³/mol. The molecule has 0 aliphatic heterocycles. The number of rotatable bonds is 4. The van der Waals surface area contributed by atoms with Gasteiger partial charge in [0.25, 0.3) is 0 Å². The summed E-state index contributed by atoms with van der Waals surface area (Å²) >= 11 is 3.23. The van der Waals surface area contributed by atoms with Crippen LogP contribution in [0.4, 0.5) is 13.2 Å². The van der Waals surface area contributed by atoms with Gasteiger partial charge in [-0.2, -0.15) is 13.2 Å². The minimum atomic E-state index is -4.39. The first-order chi connectivity index (χ1) is 9.77. The van der Waals surface area contributed by atoms with Gasteiger partial charge in [0.1, 0.15) is 0 Å². The lowest BCUT2D eigenvalue weighted by molar-refractivity contribution is -0.137. The molecule has 0 fully saturated rings. The topological polar surface area (TPSA) is 38.1 Å². The number of aromatic nitrogens is 1. The molecule has 1 aromatic heterocycles. The molecule has 0 aliphatic rings. The fraction of sp³-hybridized carbons (Fsp3) is 0.357. The van der Waals surface area contributed by atoms with E-state index in [1.807, 2.05) is 13.8 Å². The number of hydrogen-bond acceptors (Lipinski definition) is 3.